The van der Waals surface area contributed by atoms with Crippen molar-refractivity contribution in [2.24, 2.45) is 0 Å². The summed E-state index contributed by atoms with van der Waals surface area (Å²) in [6.07, 6.45) is 0.905. The zero-order valence-corrected chi connectivity index (χ0v) is 20.4. The number of hydrogen-bond acceptors (Lipinski definition) is 5. The number of oxazole rings is 1. The van der Waals surface area contributed by atoms with Gasteiger partial charge in [-0.25, -0.2) is 4.98 Å². The van der Waals surface area contributed by atoms with Gasteiger partial charge in [0.1, 0.15) is 11.3 Å². The summed E-state index contributed by atoms with van der Waals surface area (Å²) in [6.45, 7) is 8.44. The summed E-state index contributed by atoms with van der Waals surface area (Å²) in [5.74, 6) is 0.0118. The highest BCUT2D eigenvalue weighted by Gasteiger charge is 2.16. The lowest BCUT2D eigenvalue weighted by Crippen LogP contribution is -2.34. The van der Waals surface area contributed by atoms with Gasteiger partial charge in [0.25, 0.3) is 5.91 Å². The summed E-state index contributed by atoms with van der Waals surface area (Å²) >= 11 is 5.28. The lowest BCUT2D eigenvalue weighted by atomic mass is 9.87. The van der Waals surface area contributed by atoms with Gasteiger partial charge >= 0.3 is 0 Å². The van der Waals surface area contributed by atoms with Crippen LogP contribution in [0.1, 0.15) is 49.2 Å². The summed E-state index contributed by atoms with van der Waals surface area (Å²) in [7, 11) is 0. The predicted octanol–water partition coefficient (Wildman–Crippen LogP) is 6.19. The molecule has 0 atom stereocenters. The lowest BCUT2D eigenvalue weighted by molar-refractivity contribution is 0.0977. The zero-order valence-electron chi connectivity index (χ0n) is 19.6. The van der Waals surface area contributed by atoms with E-state index in [-0.39, 0.29) is 22.2 Å². The van der Waals surface area contributed by atoms with Crippen LogP contribution in [-0.4, -0.2) is 21.1 Å². The first-order valence-electron chi connectivity index (χ1n) is 11.1. The number of rotatable bonds is 4. The van der Waals surface area contributed by atoms with Crippen LogP contribution in [0.25, 0.3) is 22.6 Å². The molecule has 174 valence electrons. The first-order chi connectivity index (χ1) is 16.1. The number of thiocarbonyl (C=S) groups is 1. The molecule has 3 aromatic carbocycles. The summed E-state index contributed by atoms with van der Waals surface area (Å²) in [6, 6.07) is 18.2. The molecular weight excluding hydrogens is 446 g/mol. The van der Waals surface area contributed by atoms with Crippen molar-refractivity contribution < 1.29 is 14.3 Å². The first kappa shape index (κ1) is 23.4. The number of nitrogens with zero attached hydrogens (tertiary/aromatic N) is 1. The molecule has 34 heavy (non-hydrogen) atoms. The zero-order chi connectivity index (χ0) is 24.5. The Balaban J connectivity index is 1.44. The van der Waals surface area contributed by atoms with Crippen molar-refractivity contribution in [2.75, 3.05) is 5.32 Å². The molecule has 4 aromatic rings. The number of benzene rings is 3. The number of aromatic nitrogens is 1. The average molecular weight is 474 g/mol. The highest BCUT2D eigenvalue weighted by atomic mass is 32.1. The number of phenols is 1. The fraction of sp³-hybridized carbons (Fsp3) is 0.222. The van der Waals surface area contributed by atoms with Crippen molar-refractivity contribution in [3.05, 3.63) is 77.4 Å². The van der Waals surface area contributed by atoms with Crippen LogP contribution in [0.5, 0.6) is 5.75 Å². The van der Waals surface area contributed by atoms with Crippen molar-refractivity contribution >= 4 is 40.0 Å². The molecule has 0 aliphatic heterocycles. The van der Waals surface area contributed by atoms with Gasteiger partial charge in [-0.15, -0.1) is 0 Å². The number of aryl methyl sites for hydroxylation is 1. The van der Waals surface area contributed by atoms with E-state index in [1.165, 1.54) is 6.07 Å². The van der Waals surface area contributed by atoms with Crippen LogP contribution in [-0.2, 0) is 11.8 Å². The van der Waals surface area contributed by atoms with Gasteiger partial charge in [-0.2, -0.15) is 0 Å². The second-order valence-electron chi connectivity index (χ2n) is 9.14. The predicted molar refractivity (Wildman–Crippen MR) is 139 cm³/mol. The number of carbonyl (C=O) groups is 1. The van der Waals surface area contributed by atoms with E-state index < -0.39 is 0 Å². The van der Waals surface area contributed by atoms with Gasteiger partial charge in [-0.3, -0.25) is 10.1 Å². The third kappa shape index (κ3) is 5.10. The fourth-order valence-corrected chi connectivity index (χ4v) is 3.77. The van der Waals surface area contributed by atoms with Gasteiger partial charge < -0.3 is 14.8 Å². The number of hydrogen-bond donors (Lipinski definition) is 3. The van der Waals surface area contributed by atoms with Gasteiger partial charge in [0.05, 0.1) is 5.56 Å². The second kappa shape index (κ2) is 9.27. The fourth-order valence-electron chi connectivity index (χ4n) is 3.56. The molecule has 6 nitrogen and oxygen atoms in total. The molecule has 3 N–H and O–H groups in total. The molecule has 0 spiro atoms. The van der Waals surface area contributed by atoms with Crippen molar-refractivity contribution in [1.29, 1.82) is 0 Å². The number of nitrogens with one attached hydrogen (secondary N) is 2. The van der Waals surface area contributed by atoms with E-state index >= 15 is 0 Å². The maximum atomic E-state index is 12.5. The maximum absolute atomic E-state index is 12.5. The Morgan fingerprint density at radius 2 is 1.79 bits per heavy atom. The van der Waals surface area contributed by atoms with E-state index in [9.17, 15) is 9.90 Å². The molecule has 0 aliphatic rings. The summed E-state index contributed by atoms with van der Waals surface area (Å²) in [4.78, 5) is 17.0. The van der Waals surface area contributed by atoms with Gasteiger partial charge in [0, 0.05) is 17.3 Å². The van der Waals surface area contributed by atoms with Gasteiger partial charge in [-0.1, -0.05) is 45.9 Å². The topological polar surface area (TPSA) is 87.4 Å². The van der Waals surface area contributed by atoms with Crippen molar-refractivity contribution in [3.63, 3.8) is 0 Å². The number of carbonyl (C=O) groups excluding carboxylic acids is 1. The highest BCUT2D eigenvalue weighted by Crippen LogP contribution is 2.33. The largest absolute Gasteiger partial charge is 0.507 e. The quantitative estimate of drug-likeness (QED) is 0.307. The van der Waals surface area contributed by atoms with Crippen LogP contribution in [0.3, 0.4) is 0 Å². The maximum Gasteiger partial charge on any atom is 0.257 e. The van der Waals surface area contributed by atoms with Crippen LogP contribution in [0.2, 0.25) is 0 Å². The molecule has 1 heterocycles. The van der Waals surface area contributed by atoms with Gasteiger partial charge in [-0.05, 0) is 71.6 Å². The Labute approximate surface area is 204 Å². The Morgan fingerprint density at radius 3 is 2.44 bits per heavy atom. The van der Waals surface area contributed by atoms with Crippen LogP contribution in [0.4, 0.5) is 5.69 Å². The minimum Gasteiger partial charge on any atom is -0.507 e. The molecule has 0 fully saturated rings. The molecule has 0 radical (unpaired) electrons. The minimum absolute atomic E-state index is 0.0103. The van der Waals surface area contributed by atoms with E-state index in [1.807, 2.05) is 30.3 Å². The minimum atomic E-state index is -0.309. The van der Waals surface area contributed by atoms with E-state index in [0.717, 1.165) is 23.1 Å². The summed E-state index contributed by atoms with van der Waals surface area (Å²) in [5, 5.41) is 16.3. The SMILES string of the molecule is CCc1ccc2oc(-c3ccc(NC(=S)NC(=O)c4ccc(C(C)(C)C)cc4)cc3O)nc2c1. The van der Waals surface area contributed by atoms with Crippen molar-refractivity contribution in [1.82, 2.24) is 10.3 Å². The van der Waals surface area contributed by atoms with E-state index in [1.54, 1.807) is 24.3 Å². The Kier molecular flexibility index (Phi) is 6.39. The molecule has 0 bridgehead atoms. The number of fused-ring (bicyclic) bond motifs is 1. The molecule has 0 saturated heterocycles. The highest BCUT2D eigenvalue weighted by molar-refractivity contribution is 7.80. The number of phenolic OH excluding ortho intramolecular Hbond substituents is 1. The Hall–Kier alpha value is -3.71. The van der Waals surface area contributed by atoms with E-state index in [4.69, 9.17) is 16.6 Å². The Morgan fingerprint density at radius 1 is 1.06 bits per heavy atom. The average Bonchev–Trinajstić information content (AvgIpc) is 3.21. The van der Waals surface area contributed by atoms with Gasteiger partial charge in [0.2, 0.25) is 5.89 Å². The molecule has 0 unspecified atom stereocenters. The molecule has 0 saturated carbocycles. The molecule has 1 amide bonds. The Bertz CT molecular complexity index is 1370. The second-order valence-corrected chi connectivity index (χ2v) is 9.55. The lowest BCUT2D eigenvalue weighted by Gasteiger charge is -2.19. The van der Waals surface area contributed by atoms with Crippen molar-refractivity contribution in [3.8, 4) is 17.2 Å². The standard InChI is InChI=1S/C27H27N3O3S/c1-5-16-6-13-23-21(14-16)29-25(33-23)20-12-11-19(15-22(20)31)28-26(34)30-24(32)17-7-9-18(10-8-17)27(2,3)4/h6-15,31H,5H2,1-4H3,(H2,28,30,32,34). The molecule has 4 rings (SSSR count). The summed E-state index contributed by atoms with van der Waals surface area (Å²) < 4.78 is 5.81. The normalized spacial score (nSPS) is 11.4. The first-order valence-corrected chi connectivity index (χ1v) is 11.5. The van der Waals surface area contributed by atoms with Crippen molar-refractivity contribution in [2.45, 2.75) is 39.5 Å². The molecule has 7 heteroatoms. The summed E-state index contributed by atoms with van der Waals surface area (Å²) in [5.41, 5.74) is 5.23. The van der Waals surface area contributed by atoms with Crippen LogP contribution in [0.15, 0.2) is 65.1 Å². The smallest absolute Gasteiger partial charge is 0.257 e. The van der Waals surface area contributed by atoms with Gasteiger partial charge in [0.15, 0.2) is 10.7 Å². The van der Waals surface area contributed by atoms with E-state index in [0.29, 0.717) is 28.3 Å². The monoisotopic (exact) mass is 473 g/mol. The number of aromatic hydroxyl groups is 1. The number of anilines is 1. The molecule has 0 aliphatic carbocycles. The van der Waals surface area contributed by atoms with Crippen LogP contribution < -0.4 is 10.6 Å². The molecular formula is C27H27N3O3S. The number of amides is 1. The third-order valence-corrected chi connectivity index (χ3v) is 5.79. The van der Waals surface area contributed by atoms with E-state index in [2.05, 4.69) is 43.3 Å². The van der Waals surface area contributed by atoms with Crippen LogP contribution >= 0.6 is 12.2 Å². The molecule has 1 aromatic heterocycles. The third-order valence-electron chi connectivity index (χ3n) is 5.59. The van der Waals surface area contributed by atoms with Crippen LogP contribution in [0, 0.1) is 0 Å².